The van der Waals surface area contributed by atoms with Crippen LogP contribution in [0.25, 0.3) is 0 Å². The zero-order valence-corrected chi connectivity index (χ0v) is 19.3. The van der Waals surface area contributed by atoms with Crippen molar-refractivity contribution in [1.29, 1.82) is 0 Å². The molecule has 0 saturated carbocycles. The highest BCUT2D eigenvalue weighted by Gasteiger charge is 2.16. The Labute approximate surface area is 192 Å². The van der Waals surface area contributed by atoms with Crippen molar-refractivity contribution in [2.75, 3.05) is 6.61 Å². The first-order chi connectivity index (χ1) is 13.8. The molecule has 0 unspecified atom stereocenters. The number of halogens is 3. The summed E-state index contributed by atoms with van der Waals surface area (Å²) in [5, 5.41) is 3.01. The molecular formula is C19H18BrCl2N3O3S. The van der Waals surface area contributed by atoms with Crippen LogP contribution in [0.2, 0.25) is 10.0 Å². The minimum absolute atomic E-state index is 0.0899. The van der Waals surface area contributed by atoms with E-state index in [0.29, 0.717) is 22.9 Å². The van der Waals surface area contributed by atoms with Crippen molar-refractivity contribution < 1.29 is 14.3 Å². The topological polar surface area (TPSA) is 79.5 Å². The van der Waals surface area contributed by atoms with Gasteiger partial charge in [0.25, 0.3) is 11.8 Å². The number of hydrazine groups is 1. The lowest BCUT2D eigenvalue weighted by Crippen LogP contribution is -2.48. The molecule has 0 aliphatic carbocycles. The monoisotopic (exact) mass is 517 g/mol. The molecule has 6 nitrogen and oxygen atoms in total. The minimum atomic E-state index is -0.533. The van der Waals surface area contributed by atoms with E-state index < -0.39 is 11.8 Å². The smallest absolute Gasteiger partial charge is 0.271 e. The lowest BCUT2D eigenvalue weighted by Gasteiger charge is -2.14. The highest BCUT2D eigenvalue weighted by molar-refractivity contribution is 9.10. The van der Waals surface area contributed by atoms with Gasteiger partial charge in [-0.1, -0.05) is 52.5 Å². The number of thiocarbonyl (C=S) groups is 1. The second-order valence-corrected chi connectivity index (χ2v) is 8.00. The van der Waals surface area contributed by atoms with Gasteiger partial charge in [-0.2, -0.15) is 0 Å². The highest BCUT2D eigenvalue weighted by atomic mass is 79.9. The Morgan fingerprint density at radius 2 is 1.83 bits per heavy atom. The van der Waals surface area contributed by atoms with Crippen LogP contribution in [0.15, 0.2) is 40.9 Å². The Kier molecular flexibility index (Phi) is 9.16. The summed E-state index contributed by atoms with van der Waals surface area (Å²) < 4.78 is 6.39. The summed E-state index contributed by atoms with van der Waals surface area (Å²) in [5.41, 5.74) is 5.35. The van der Waals surface area contributed by atoms with Gasteiger partial charge in [0.05, 0.1) is 22.8 Å². The molecule has 0 spiro atoms. The SMILES string of the molecule is CCCCOc1ccc(Br)cc1C(=O)NC(=S)NNC(=O)c1ccc(Cl)cc1Cl. The Balaban J connectivity index is 1.97. The van der Waals surface area contributed by atoms with Gasteiger partial charge in [-0.05, 0) is 55.0 Å². The van der Waals surface area contributed by atoms with Gasteiger partial charge in [0.2, 0.25) is 0 Å². The standard InChI is InChI=1S/C19H18BrCl2N3O3S/c1-2-3-8-28-16-7-4-11(20)9-14(16)17(26)23-19(29)25-24-18(27)13-6-5-12(21)10-15(13)22/h4-7,9-10H,2-3,8H2,1H3,(H,24,27)(H2,23,25,26,29). The molecule has 29 heavy (non-hydrogen) atoms. The van der Waals surface area contributed by atoms with Crippen molar-refractivity contribution in [2.24, 2.45) is 0 Å². The van der Waals surface area contributed by atoms with E-state index in [1.54, 1.807) is 18.2 Å². The largest absolute Gasteiger partial charge is 0.493 e. The van der Waals surface area contributed by atoms with E-state index in [-0.39, 0.29) is 15.7 Å². The van der Waals surface area contributed by atoms with E-state index in [0.717, 1.165) is 17.3 Å². The molecule has 2 aromatic rings. The average Bonchev–Trinajstić information content (AvgIpc) is 2.67. The third kappa shape index (κ3) is 7.15. The fourth-order valence-electron chi connectivity index (χ4n) is 2.19. The van der Waals surface area contributed by atoms with Crippen LogP contribution in [0.4, 0.5) is 0 Å². The van der Waals surface area contributed by atoms with Gasteiger partial charge in [-0.3, -0.25) is 25.8 Å². The molecule has 10 heteroatoms. The number of nitrogens with one attached hydrogen (secondary N) is 3. The van der Waals surface area contributed by atoms with Crippen LogP contribution >= 0.6 is 51.3 Å². The van der Waals surface area contributed by atoms with Crippen LogP contribution in [-0.2, 0) is 0 Å². The molecule has 0 fully saturated rings. The number of hydrogen-bond acceptors (Lipinski definition) is 4. The molecule has 2 amide bonds. The number of hydrogen-bond donors (Lipinski definition) is 3. The molecule has 0 aliphatic rings. The number of rotatable bonds is 6. The third-order valence-electron chi connectivity index (χ3n) is 3.63. The Hall–Kier alpha value is -1.87. The number of carbonyl (C=O) groups excluding carboxylic acids is 2. The summed E-state index contributed by atoms with van der Waals surface area (Å²) in [6, 6.07) is 9.58. The first kappa shape index (κ1) is 23.4. The lowest BCUT2D eigenvalue weighted by molar-refractivity contribution is 0.0933. The molecule has 3 N–H and O–H groups in total. The van der Waals surface area contributed by atoms with E-state index >= 15 is 0 Å². The van der Waals surface area contributed by atoms with Crippen molar-refractivity contribution in [1.82, 2.24) is 16.2 Å². The molecule has 0 radical (unpaired) electrons. The fourth-order valence-corrected chi connectivity index (χ4v) is 3.19. The van der Waals surface area contributed by atoms with Crippen LogP contribution in [-0.4, -0.2) is 23.5 Å². The van der Waals surface area contributed by atoms with E-state index in [4.69, 9.17) is 40.2 Å². The van der Waals surface area contributed by atoms with Gasteiger partial charge in [0, 0.05) is 9.50 Å². The summed E-state index contributed by atoms with van der Waals surface area (Å²) in [7, 11) is 0. The van der Waals surface area contributed by atoms with Crippen LogP contribution in [0.5, 0.6) is 5.75 Å². The lowest BCUT2D eigenvalue weighted by atomic mass is 10.2. The maximum Gasteiger partial charge on any atom is 0.271 e. The average molecular weight is 519 g/mol. The van der Waals surface area contributed by atoms with Gasteiger partial charge in [-0.25, -0.2) is 0 Å². The predicted octanol–water partition coefficient (Wildman–Crippen LogP) is 4.88. The Morgan fingerprint density at radius 3 is 2.52 bits per heavy atom. The quantitative estimate of drug-likeness (QED) is 0.288. The van der Waals surface area contributed by atoms with Crippen LogP contribution in [0, 0.1) is 0 Å². The molecule has 0 atom stereocenters. The van der Waals surface area contributed by atoms with E-state index in [1.165, 1.54) is 18.2 Å². The van der Waals surface area contributed by atoms with E-state index in [2.05, 4.69) is 32.1 Å². The summed E-state index contributed by atoms with van der Waals surface area (Å²) in [4.78, 5) is 24.8. The highest BCUT2D eigenvalue weighted by Crippen LogP contribution is 2.24. The summed E-state index contributed by atoms with van der Waals surface area (Å²) in [6.07, 6.45) is 1.85. The van der Waals surface area contributed by atoms with E-state index in [9.17, 15) is 9.59 Å². The third-order valence-corrected chi connectivity index (χ3v) is 4.88. The number of benzene rings is 2. The number of amides is 2. The normalized spacial score (nSPS) is 10.2. The van der Waals surface area contributed by atoms with Crippen molar-refractivity contribution in [3.05, 3.63) is 62.0 Å². The second-order valence-electron chi connectivity index (χ2n) is 5.83. The number of carbonyl (C=O) groups is 2. The molecule has 0 bridgehead atoms. The molecule has 0 heterocycles. The predicted molar refractivity (Wildman–Crippen MR) is 122 cm³/mol. The van der Waals surface area contributed by atoms with Crippen molar-refractivity contribution in [3.63, 3.8) is 0 Å². The zero-order valence-electron chi connectivity index (χ0n) is 15.4. The first-order valence-corrected chi connectivity index (χ1v) is 10.6. The summed E-state index contributed by atoms with van der Waals surface area (Å²) in [6.45, 7) is 2.55. The van der Waals surface area contributed by atoms with Gasteiger partial charge in [0.1, 0.15) is 5.75 Å². The Morgan fingerprint density at radius 1 is 1.07 bits per heavy atom. The molecule has 0 aromatic heterocycles. The maximum absolute atomic E-state index is 12.6. The van der Waals surface area contributed by atoms with Crippen LogP contribution < -0.4 is 20.9 Å². The van der Waals surface area contributed by atoms with Crippen LogP contribution in [0.1, 0.15) is 40.5 Å². The van der Waals surface area contributed by atoms with Gasteiger partial charge >= 0.3 is 0 Å². The zero-order chi connectivity index (χ0) is 21.4. The van der Waals surface area contributed by atoms with Crippen molar-refractivity contribution in [2.45, 2.75) is 19.8 Å². The second kappa shape index (κ2) is 11.3. The molecule has 0 saturated heterocycles. The summed E-state index contributed by atoms with van der Waals surface area (Å²) >= 11 is 20.2. The van der Waals surface area contributed by atoms with E-state index in [1.807, 2.05) is 6.92 Å². The Bertz CT molecular complexity index is 928. The molecule has 154 valence electrons. The molecule has 2 aromatic carbocycles. The van der Waals surface area contributed by atoms with Crippen molar-refractivity contribution in [3.8, 4) is 5.75 Å². The van der Waals surface area contributed by atoms with Crippen LogP contribution in [0.3, 0.4) is 0 Å². The molecular weight excluding hydrogens is 501 g/mol. The number of ether oxygens (including phenoxy) is 1. The molecule has 0 aliphatic heterocycles. The minimum Gasteiger partial charge on any atom is -0.493 e. The van der Waals surface area contributed by atoms with Crippen molar-refractivity contribution >= 4 is 68.3 Å². The van der Waals surface area contributed by atoms with Gasteiger partial charge in [0.15, 0.2) is 5.11 Å². The maximum atomic E-state index is 12.6. The molecule has 2 rings (SSSR count). The fraction of sp³-hybridized carbons (Fsp3) is 0.211. The van der Waals surface area contributed by atoms with Gasteiger partial charge in [-0.15, -0.1) is 0 Å². The number of unbranched alkanes of at least 4 members (excludes halogenated alkanes) is 1. The summed E-state index contributed by atoms with van der Waals surface area (Å²) in [5.74, 6) is -0.567. The first-order valence-electron chi connectivity index (χ1n) is 8.61. The van der Waals surface area contributed by atoms with Gasteiger partial charge < -0.3 is 4.74 Å².